The summed E-state index contributed by atoms with van der Waals surface area (Å²) in [6, 6.07) is 30.4. The lowest BCUT2D eigenvalue weighted by atomic mass is 10.0. The van der Waals surface area contributed by atoms with Crippen LogP contribution in [-0.4, -0.2) is 35.0 Å². The molecular weight excluding hydrogens is 528 g/mol. The van der Waals surface area contributed by atoms with Gasteiger partial charge in [0.15, 0.2) is 5.11 Å². The zero-order valence-electron chi connectivity index (χ0n) is 21.3. The summed E-state index contributed by atoms with van der Waals surface area (Å²) >= 11 is 12.6. The molecule has 0 aliphatic carbocycles. The van der Waals surface area contributed by atoms with Gasteiger partial charge >= 0.3 is 0 Å². The Bertz CT molecular complexity index is 1620. The summed E-state index contributed by atoms with van der Waals surface area (Å²) in [4.78, 5) is 6.80. The van der Waals surface area contributed by atoms with Crippen molar-refractivity contribution in [1.82, 2.24) is 14.9 Å². The SMILES string of the molecule is COCCOc1ccc(N2C(=S)N[C@H](c3ccccn3)[C@H]2c2cccn2-c2ccc3ccccc3c2)cc1Cl. The molecule has 1 N–H and O–H groups in total. The van der Waals surface area contributed by atoms with E-state index in [0.29, 0.717) is 29.1 Å². The number of nitrogens with one attached hydrogen (secondary N) is 1. The Morgan fingerprint density at radius 3 is 2.51 bits per heavy atom. The summed E-state index contributed by atoms with van der Waals surface area (Å²) in [6.07, 6.45) is 3.90. The van der Waals surface area contributed by atoms with Gasteiger partial charge in [0.05, 0.1) is 23.4 Å². The van der Waals surface area contributed by atoms with Gasteiger partial charge in [-0.25, -0.2) is 0 Å². The largest absolute Gasteiger partial charge is 0.490 e. The Balaban J connectivity index is 1.44. The molecule has 0 radical (unpaired) electrons. The molecule has 1 aliphatic rings. The number of hydrogen-bond acceptors (Lipinski definition) is 4. The zero-order valence-corrected chi connectivity index (χ0v) is 22.9. The van der Waals surface area contributed by atoms with Gasteiger partial charge in [-0.3, -0.25) is 4.98 Å². The number of pyridine rings is 1. The number of methoxy groups -OCH3 is 1. The Hall–Kier alpha value is -3.91. The van der Waals surface area contributed by atoms with E-state index < -0.39 is 0 Å². The second-order valence-corrected chi connectivity index (χ2v) is 10.1. The van der Waals surface area contributed by atoms with Crippen LogP contribution in [0.1, 0.15) is 23.5 Å². The highest BCUT2D eigenvalue weighted by Gasteiger charge is 2.42. The molecule has 0 amide bonds. The quantitative estimate of drug-likeness (QED) is 0.167. The molecule has 39 heavy (non-hydrogen) atoms. The van der Waals surface area contributed by atoms with Crippen LogP contribution in [0, 0.1) is 0 Å². The molecule has 6 rings (SSSR count). The highest BCUT2D eigenvalue weighted by Crippen LogP contribution is 2.43. The van der Waals surface area contributed by atoms with Crippen LogP contribution in [0.25, 0.3) is 16.5 Å². The van der Waals surface area contributed by atoms with E-state index in [4.69, 9.17) is 33.3 Å². The van der Waals surface area contributed by atoms with Gasteiger partial charge in [-0.05, 0) is 77.6 Å². The second-order valence-electron chi connectivity index (χ2n) is 9.29. The summed E-state index contributed by atoms with van der Waals surface area (Å²) < 4.78 is 13.1. The van der Waals surface area contributed by atoms with Gasteiger partial charge in [0, 0.05) is 36.6 Å². The minimum Gasteiger partial charge on any atom is -0.490 e. The highest BCUT2D eigenvalue weighted by atomic mass is 35.5. The number of hydrogen-bond donors (Lipinski definition) is 1. The van der Waals surface area contributed by atoms with Crippen molar-refractivity contribution in [1.29, 1.82) is 0 Å². The molecule has 0 bridgehead atoms. The molecule has 1 saturated heterocycles. The van der Waals surface area contributed by atoms with Crippen molar-refractivity contribution < 1.29 is 9.47 Å². The van der Waals surface area contributed by atoms with E-state index in [1.54, 1.807) is 7.11 Å². The first-order valence-corrected chi connectivity index (χ1v) is 13.5. The average molecular weight is 555 g/mol. The minimum absolute atomic E-state index is 0.177. The summed E-state index contributed by atoms with van der Waals surface area (Å²) in [5.74, 6) is 0.605. The molecule has 196 valence electrons. The van der Waals surface area contributed by atoms with Crippen molar-refractivity contribution in [3.05, 3.63) is 120 Å². The Kier molecular flexibility index (Phi) is 7.20. The predicted octanol–water partition coefficient (Wildman–Crippen LogP) is 6.88. The van der Waals surface area contributed by atoms with Crippen LogP contribution < -0.4 is 15.0 Å². The van der Waals surface area contributed by atoms with E-state index in [0.717, 1.165) is 22.8 Å². The van der Waals surface area contributed by atoms with Crippen LogP contribution in [0.5, 0.6) is 5.75 Å². The number of fused-ring (bicyclic) bond motifs is 1. The van der Waals surface area contributed by atoms with Crippen molar-refractivity contribution in [2.75, 3.05) is 25.2 Å². The van der Waals surface area contributed by atoms with E-state index in [2.05, 4.69) is 80.6 Å². The van der Waals surface area contributed by atoms with Crippen molar-refractivity contribution >= 4 is 45.4 Å². The average Bonchev–Trinajstić information content (AvgIpc) is 3.58. The predicted molar refractivity (Wildman–Crippen MR) is 160 cm³/mol. The lowest BCUT2D eigenvalue weighted by Gasteiger charge is -2.29. The number of thiocarbonyl (C=S) groups is 1. The molecule has 6 nitrogen and oxygen atoms in total. The maximum absolute atomic E-state index is 6.67. The van der Waals surface area contributed by atoms with E-state index >= 15 is 0 Å². The van der Waals surface area contributed by atoms with Crippen LogP contribution >= 0.6 is 23.8 Å². The monoisotopic (exact) mass is 554 g/mol. The summed E-state index contributed by atoms with van der Waals surface area (Å²) in [5.41, 5.74) is 3.92. The van der Waals surface area contributed by atoms with Gasteiger partial charge in [-0.15, -0.1) is 0 Å². The van der Waals surface area contributed by atoms with E-state index in [1.807, 2.05) is 42.6 Å². The molecule has 1 fully saturated rings. The maximum Gasteiger partial charge on any atom is 0.174 e. The van der Waals surface area contributed by atoms with Crippen molar-refractivity contribution in [2.24, 2.45) is 0 Å². The molecule has 3 heterocycles. The third-order valence-corrected chi connectivity index (χ3v) is 7.54. The molecule has 8 heteroatoms. The summed E-state index contributed by atoms with van der Waals surface area (Å²) in [6.45, 7) is 0.903. The molecule has 0 unspecified atom stereocenters. The Morgan fingerprint density at radius 1 is 0.897 bits per heavy atom. The fourth-order valence-electron chi connectivity index (χ4n) is 5.12. The Labute approximate surface area is 237 Å². The second kappa shape index (κ2) is 11.1. The van der Waals surface area contributed by atoms with Crippen LogP contribution in [0.2, 0.25) is 5.02 Å². The summed E-state index contributed by atoms with van der Waals surface area (Å²) in [5, 5.41) is 7.03. The van der Waals surface area contributed by atoms with Crippen LogP contribution in [0.15, 0.2) is 103 Å². The topological polar surface area (TPSA) is 51.6 Å². The van der Waals surface area contributed by atoms with Crippen molar-refractivity contribution in [2.45, 2.75) is 12.1 Å². The van der Waals surface area contributed by atoms with Gasteiger partial charge < -0.3 is 24.3 Å². The third-order valence-electron chi connectivity index (χ3n) is 6.93. The number of rotatable bonds is 8. The lowest BCUT2D eigenvalue weighted by Crippen LogP contribution is -2.30. The molecule has 3 aromatic carbocycles. The third kappa shape index (κ3) is 4.96. The normalized spacial score (nSPS) is 17.0. The number of nitrogens with zero attached hydrogens (tertiary/aromatic N) is 3. The van der Waals surface area contributed by atoms with Crippen LogP contribution in [0.3, 0.4) is 0 Å². The Morgan fingerprint density at radius 2 is 1.72 bits per heavy atom. The molecule has 0 spiro atoms. The molecule has 2 atom stereocenters. The zero-order chi connectivity index (χ0) is 26.8. The van der Waals surface area contributed by atoms with Crippen LogP contribution in [0.4, 0.5) is 5.69 Å². The first-order valence-electron chi connectivity index (χ1n) is 12.7. The first-order chi connectivity index (χ1) is 19.1. The fraction of sp³-hybridized carbons (Fsp3) is 0.161. The number of halogens is 1. The number of anilines is 1. The van der Waals surface area contributed by atoms with Crippen molar-refractivity contribution in [3.8, 4) is 11.4 Å². The number of ether oxygens (including phenoxy) is 2. The molecule has 1 aliphatic heterocycles. The van der Waals surface area contributed by atoms with E-state index in [9.17, 15) is 0 Å². The molecule has 0 saturated carbocycles. The molecule has 5 aromatic rings. The van der Waals surface area contributed by atoms with Gasteiger partial charge in [0.1, 0.15) is 18.4 Å². The number of benzene rings is 3. The molecule has 2 aromatic heterocycles. The minimum atomic E-state index is -0.190. The number of aromatic nitrogens is 2. The molecular formula is C31H27ClN4O2S. The van der Waals surface area contributed by atoms with Crippen molar-refractivity contribution in [3.63, 3.8) is 0 Å². The summed E-state index contributed by atoms with van der Waals surface area (Å²) in [7, 11) is 1.64. The van der Waals surface area contributed by atoms with Gasteiger partial charge in [-0.1, -0.05) is 48.0 Å². The van der Waals surface area contributed by atoms with Gasteiger partial charge in [-0.2, -0.15) is 0 Å². The first kappa shape index (κ1) is 25.4. The van der Waals surface area contributed by atoms with E-state index in [-0.39, 0.29) is 12.1 Å². The van der Waals surface area contributed by atoms with Gasteiger partial charge in [0.25, 0.3) is 0 Å². The van der Waals surface area contributed by atoms with Crippen LogP contribution in [-0.2, 0) is 4.74 Å². The maximum atomic E-state index is 6.67. The lowest BCUT2D eigenvalue weighted by molar-refractivity contribution is 0.146. The fourth-order valence-corrected chi connectivity index (χ4v) is 5.70. The standard InChI is InChI=1S/C31H27ClN4O2S/c1-37-17-18-38-28-14-13-24(20-25(28)32)36-30(29(34-31(36)39)26-9-4-5-15-33-26)27-10-6-16-35(27)23-12-11-21-7-2-3-8-22(21)19-23/h2-16,19-20,29-30H,17-18H2,1H3,(H,34,39)/t29-,30-/m1/s1. The highest BCUT2D eigenvalue weighted by molar-refractivity contribution is 7.80. The van der Waals surface area contributed by atoms with Gasteiger partial charge in [0.2, 0.25) is 0 Å². The van der Waals surface area contributed by atoms with E-state index in [1.165, 1.54) is 10.8 Å². The smallest absolute Gasteiger partial charge is 0.174 e.